The summed E-state index contributed by atoms with van der Waals surface area (Å²) in [6.45, 7) is 2.22. The van der Waals surface area contributed by atoms with Gasteiger partial charge in [-0.3, -0.25) is 10.0 Å². The van der Waals surface area contributed by atoms with E-state index in [-0.39, 0.29) is 0 Å². The highest BCUT2D eigenvalue weighted by molar-refractivity contribution is 7.98. The first kappa shape index (κ1) is 17.8. The lowest BCUT2D eigenvalue weighted by Crippen LogP contribution is -2.19. The highest BCUT2D eigenvalue weighted by Crippen LogP contribution is 2.27. The van der Waals surface area contributed by atoms with Gasteiger partial charge in [-0.2, -0.15) is 0 Å². The minimum atomic E-state index is -0.421. The first-order valence-corrected chi connectivity index (χ1v) is 8.63. The number of hydrogen-bond donors (Lipinski definition) is 1. The average molecular weight is 307 g/mol. The second-order valence-corrected chi connectivity index (χ2v) is 5.86. The fourth-order valence-electron chi connectivity index (χ4n) is 2.19. The topological polar surface area (TPSA) is 40.5 Å². The van der Waals surface area contributed by atoms with E-state index in [2.05, 4.69) is 19.2 Å². The van der Waals surface area contributed by atoms with Crippen molar-refractivity contribution < 1.29 is 10.0 Å². The van der Waals surface area contributed by atoms with Crippen molar-refractivity contribution in [3.63, 3.8) is 0 Å². The summed E-state index contributed by atoms with van der Waals surface area (Å²) in [6, 6.07) is 6.19. The fourth-order valence-corrected chi connectivity index (χ4v) is 3.00. The van der Waals surface area contributed by atoms with Gasteiger partial charge in [0.2, 0.25) is 0 Å². The third-order valence-electron chi connectivity index (χ3n) is 3.36. The Morgan fingerprint density at radius 2 is 2.10 bits per heavy atom. The van der Waals surface area contributed by atoms with E-state index in [1.54, 1.807) is 17.8 Å². The van der Waals surface area contributed by atoms with Crippen LogP contribution in [0.2, 0.25) is 0 Å². The van der Waals surface area contributed by atoms with Crippen molar-refractivity contribution in [2.24, 2.45) is 0 Å². The van der Waals surface area contributed by atoms with Gasteiger partial charge in [0.05, 0.1) is 0 Å². The second-order valence-electron chi connectivity index (χ2n) is 5.05. The molecule has 1 amide bonds. The molecule has 0 radical (unpaired) electrons. The van der Waals surface area contributed by atoms with Gasteiger partial charge < -0.3 is 0 Å². The molecule has 0 aliphatic rings. The predicted molar refractivity (Wildman–Crippen MR) is 89.7 cm³/mol. The number of thioether (sulfide) groups is 1. The Balaban J connectivity index is 2.83. The Hall–Kier alpha value is -1.26. The van der Waals surface area contributed by atoms with Crippen LogP contribution < -0.4 is 0 Å². The molecule has 1 rings (SSSR count). The largest absolute Gasteiger partial charge is 0.286 e. The molecule has 3 nitrogen and oxygen atoms in total. The van der Waals surface area contributed by atoms with Crippen molar-refractivity contribution in [3.05, 3.63) is 35.4 Å². The predicted octanol–water partition coefficient (Wildman–Crippen LogP) is 4.39. The maximum absolute atomic E-state index is 11.4. The molecule has 0 aromatic heterocycles. The van der Waals surface area contributed by atoms with Crippen molar-refractivity contribution in [2.45, 2.75) is 43.9 Å². The smallest absolute Gasteiger partial charge is 0.269 e. The third kappa shape index (κ3) is 5.94. The zero-order valence-corrected chi connectivity index (χ0v) is 13.9. The van der Waals surface area contributed by atoms with E-state index in [1.165, 1.54) is 49.3 Å². The SMILES string of the molecule is CCCCCCc1cccc(C=CC(=O)N(C)O)c1SC. The van der Waals surface area contributed by atoms with Crippen molar-refractivity contribution >= 4 is 23.7 Å². The second kappa shape index (κ2) is 9.64. The molecule has 21 heavy (non-hydrogen) atoms. The third-order valence-corrected chi connectivity index (χ3v) is 4.26. The van der Waals surface area contributed by atoms with Crippen LogP contribution in [-0.4, -0.2) is 29.5 Å². The lowest BCUT2D eigenvalue weighted by molar-refractivity contribution is -0.153. The molecule has 4 heteroatoms. The number of hydroxylamine groups is 2. The van der Waals surface area contributed by atoms with Crippen molar-refractivity contribution in [1.29, 1.82) is 0 Å². The van der Waals surface area contributed by atoms with E-state index < -0.39 is 5.91 Å². The summed E-state index contributed by atoms with van der Waals surface area (Å²) in [5.74, 6) is -0.421. The molecule has 1 N–H and O–H groups in total. The van der Waals surface area contributed by atoms with Gasteiger partial charge in [0.25, 0.3) is 5.91 Å². The summed E-state index contributed by atoms with van der Waals surface area (Å²) in [5.41, 5.74) is 2.37. The van der Waals surface area contributed by atoms with Gasteiger partial charge >= 0.3 is 0 Å². The molecule has 0 atom stereocenters. The molecule has 116 valence electrons. The molecule has 0 aliphatic heterocycles. The minimum Gasteiger partial charge on any atom is -0.286 e. The van der Waals surface area contributed by atoms with Crippen molar-refractivity contribution in [2.75, 3.05) is 13.3 Å². The molecule has 0 fully saturated rings. The normalized spacial score (nSPS) is 11.0. The molecule has 1 aromatic rings. The Bertz CT molecular complexity index is 484. The first-order valence-electron chi connectivity index (χ1n) is 7.40. The number of aryl methyl sites for hydroxylation is 1. The monoisotopic (exact) mass is 307 g/mol. The molecule has 0 bridgehead atoms. The molecule has 0 saturated heterocycles. The lowest BCUT2D eigenvalue weighted by Gasteiger charge is -2.11. The van der Waals surface area contributed by atoms with E-state index in [4.69, 9.17) is 5.21 Å². The van der Waals surface area contributed by atoms with E-state index in [1.807, 2.05) is 12.1 Å². The summed E-state index contributed by atoms with van der Waals surface area (Å²) in [7, 11) is 1.33. The molecule has 0 spiro atoms. The molecule has 0 heterocycles. The van der Waals surface area contributed by atoms with Crippen LogP contribution in [0.5, 0.6) is 0 Å². The Morgan fingerprint density at radius 1 is 1.33 bits per heavy atom. The fraction of sp³-hybridized carbons (Fsp3) is 0.471. The maximum Gasteiger partial charge on any atom is 0.269 e. The minimum absolute atomic E-state index is 0.421. The van der Waals surface area contributed by atoms with Crippen LogP contribution >= 0.6 is 11.8 Å². The van der Waals surface area contributed by atoms with E-state index in [0.717, 1.165) is 12.0 Å². The number of unbranched alkanes of at least 4 members (excludes halogenated alkanes) is 3. The average Bonchev–Trinajstić information content (AvgIpc) is 2.48. The highest BCUT2D eigenvalue weighted by atomic mass is 32.2. The number of benzene rings is 1. The van der Waals surface area contributed by atoms with Crippen molar-refractivity contribution in [1.82, 2.24) is 5.06 Å². The summed E-state index contributed by atoms with van der Waals surface area (Å²) in [6.07, 6.45) is 11.3. The molecular formula is C17H25NO2S. The quantitative estimate of drug-likeness (QED) is 0.254. The molecule has 0 unspecified atom stereocenters. The van der Waals surface area contributed by atoms with Gasteiger partial charge in [0.1, 0.15) is 0 Å². The maximum atomic E-state index is 11.4. The Kier molecular flexibility index (Phi) is 8.16. The molecule has 0 saturated carbocycles. The molecular weight excluding hydrogens is 282 g/mol. The molecule has 0 aliphatic carbocycles. The van der Waals surface area contributed by atoms with Gasteiger partial charge in [-0.1, -0.05) is 44.4 Å². The number of carbonyl (C=O) groups excluding carboxylic acids is 1. The number of carbonyl (C=O) groups is 1. The van der Waals surface area contributed by atoms with Gasteiger partial charge in [-0.25, -0.2) is 5.06 Å². The van der Waals surface area contributed by atoms with Crippen LogP contribution in [0.3, 0.4) is 0 Å². The van der Waals surface area contributed by atoms with Gasteiger partial charge in [0, 0.05) is 18.0 Å². The zero-order valence-electron chi connectivity index (χ0n) is 13.1. The highest BCUT2D eigenvalue weighted by Gasteiger charge is 2.06. The zero-order chi connectivity index (χ0) is 15.7. The summed E-state index contributed by atoms with van der Waals surface area (Å²) in [4.78, 5) is 12.6. The van der Waals surface area contributed by atoms with Crippen LogP contribution in [0.4, 0.5) is 0 Å². The van der Waals surface area contributed by atoms with Crippen LogP contribution in [0.15, 0.2) is 29.2 Å². The molecule has 1 aromatic carbocycles. The van der Waals surface area contributed by atoms with Crippen LogP contribution in [0, 0.1) is 0 Å². The van der Waals surface area contributed by atoms with E-state index >= 15 is 0 Å². The van der Waals surface area contributed by atoms with Gasteiger partial charge in [-0.15, -0.1) is 11.8 Å². The number of rotatable bonds is 8. The van der Waals surface area contributed by atoms with Gasteiger partial charge in [0.15, 0.2) is 0 Å². The Morgan fingerprint density at radius 3 is 2.71 bits per heavy atom. The van der Waals surface area contributed by atoms with Crippen LogP contribution in [0.1, 0.15) is 43.7 Å². The lowest BCUT2D eigenvalue weighted by atomic mass is 10.0. The Labute approximate surface area is 132 Å². The van der Waals surface area contributed by atoms with Crippen LogP contribution in [-0.2, 0) is 11.2 Å². The van der Waals surface area contributed by atoms with Crippen LogP contribution in [0.25, 0.3) is 6.08 Å². The number of likely N-dealkylation sites (N-methyl/N-ethyl adjacent to an activating group) is 1. The standard InChI is InChI=1S/C17H25NO2S/c1-4-5-6-7-9-14-10-8-11-15(17(14)21-3)12-13-16(19)18(2)20/h8,10-13,20H,4-7,9H2,1-3H3. The number of amides is 1. The summed E-state index contributed by atoms with van der Waals surface area (Å²) in [5, 5.41) is 9.66. The number of hydrogen-bond acceptors (Lipinski definition) is 3. The first-order chi connectivity index (χ1) is 10.1. The van der Waals surface area contributed by atoms with Gasteiger partial charge in [-0.05, 0) is 36.3 Å². The summed E-state index contributed by atoms with van der Waals surface area (Å²) >= 11 is 1.71. The number of nitrogens with zero attached hydrogens (tertiary/aromatic N) is 1. The van der Waals surface area contributed by atoms with E-state index in [0.29, 0.717) is 5.06 Å². The van der Waals surface area contributed by atoms with Crippen molar-refractivity contribution in [3.8, 4) is 0 Å². The van der Waals surface area contributed by atoms with E-state index in [9.17, 15) is 4.79 Å². The summed E-state index contributed by atoms with van der Waals surface area (Å²) < 4.78 is 0.